The second-order valence-electron chi connectivity index (χ2n) is 6.26. The summed E-state index contributed by atoms with van der Waals surface area (Å²) in [6.45, 7) is 3.47. The van der Waals surface area contributed by atoms with E-state index in [2.05, 4.69) is 46.6 Å². The monoisotopic (exact) mass is 279 g/mol. The normalized spacial score (nSPS) is 27.3. The molecule has 1 saturated carbocycles. The fourth-order valence-electron chi connectivity index (χ4n) is 3.61. The molecule has 0 amide bonds. The van der Waals surface area contributed by atoms with Crippen LogP contribution < -0.4 is 11.1 Å². The van der Waals surface area contributed by atoms with Crippen LogP contribution in [-0.4, -0.2) is 24.0 Å². The number of nitrogens with zero attached hydrogens (tertiary/aromatic N) is 1. The topological polar surface area (TPSA) is 41.3 Å². The number of para-hydroxylation sites is 2. The van der Waals surface area contributed by atoms with Gasteiger partial charge in [0, 0.05) is 25.7 Å². The van der Waals surface area contributed by atoms with Crippen molar-refractivity contribution >= 4 is 11.4 Å². The summed E-state index contributed by atoms with van der Waals surface area (Å²) in [6.07, 6.45) is 0. The summed E-state index contributed by atoms with van der Waals surface area (Å²) in [5.74, 6) is 1.57. The van der Waals surface area contributed by atoms with Gasteiger partial charge in [0.1, 0.15) is 0 Å². The summed E-state index contributed by atoms with van der Waals surface area (Å²) in [5, 5.41) is 3.62. The lowest BCUT2D eigenvalue weighted by molar-refractivity contribution is 0.293. The molecule has 1 saturated heterocycles. The Bertz CT molecular complexity index is 613. The Labute approximate surface area is 125 Å². The van der Waals surface area contributed by atoms with Gasteiger partial charge >= 0.3 is 0 Å². The summed E-state index contributed by atoms with van der Waals surface area (Å²) in [6, 6.07) is 19.4. The van der Waals surface area contributed by atoms with Gasteiger partial charge in [-0.25, -0.2) is 0 Å². The van der Waals surface area contributed by atoms with Crippen LogP contribution in [0.1, 0.15) is 5.56 Å². The summed E-state index contributed by atoms with van der Waals surface area (Å²) in [7, 11) is 0. The van der Waals surface area contributed by atoms with Crippen LogP contribution in [0.15, 0.2) is 54.6 Å². The molecular formula is C18H21N3. The van der Waals surface area contributed by atoms with Gasteiger partial charge in [-0.2, -0.15) is 0 Å². The molecule has 0 radical (unpaired) electrons. The lowest BCUT2D eigenvalue weighted by atomic mass is 10.2. The maximum absolute atomic E-state index is 6.00. The van der Waals surface area contributed by atoms with Crippen molar-refractivity contribution in [3.05, 3.63) is 60.2 Å². The highest BCUT2D eigenvalue weighted by atomic mass is 15.2. The zero-order chi connectivity index (χ0) is 14.2. The van der Waals surface area contributed by atoms with Gasteiger partial charge in [0.15, 0.2) is 0 Å². The van der Waals surface area contributed by atoms with Crippen LogP contribution in [0.25, 0.3) is 0 Å². The van der Waals surface area contributed by atoms with Crippen LogP contribution in [-0.2, 0) is 6.54 Å². The Balaban J connectivity index is 1.33. The first-order chi connectivity index (χ1) is 10.3. The van der Waals surface area contributed by atoms with Gasteiger partial charge in [-0.3, -0.25) is 4.90 Å². The molecule has 0 spiro atoms. The van der Waals surface area contributed by atoms with Crippen molar-refractivity contribution in [2.45, 2.75) is 12.6 Å². The number of anilines is 2. The van der Waals surface area contributed by atoms with Crippen LogP contribution in [0.3, 0.4) is 0 Å². The van der Waals surface area contributed by atoms with E-state index in [0.717, 1.165) is 29.8 Å². The fourth-order valence-corrected chi connectivity index (χ4v) is 3.61. The van der Waals surface area contributed by atoms with Gasteiger partial charge in [0.2, 0.25) is 0 Å². The molecule has 0 bridgehead atoms. The molecule has 2 aromatic rings. The predicted molar refractivity (Wildman–Crippen MR) is 87.0 cm³/mol. The van der Waals surface area contributed by atoms with Crippen molar-refractivity contribution in [2.75, 3.05) is 24.1 Å². The van der Waals surface area contributed by atoms with Crippen LogP contribution in [0, 0.1) is 11.8 Å². The quantitative estimate of drug-likeness (QED) is 0.846. The third-order valence-corrected chi connectivity index (χ3v) is 4.80. The molecule has 1 aliphatic heterocycles. The Morgan fingerprint density at radius 1 is 0.952 bits per heavy atom. The summed E-state index contributed by atoms with van der Waals surface area (Å²) in [4.78, 5) is 2.57. The Hall–Kier alpha value is -2.00. The van der Waals surface area contributed by atoms with Gasteiger partial charge in [-0.05, 0) is 29.5 Å². The summed E-state index contributed by atoms with van der Waals surface area (Å²) < 4.78 is 0. The third kappa shape index (κ3) is 2.49. The first kappa shape index (κ1) is 12.7. The van der Waals surface area contributed by atoms with Gasteiger partial charge in [-0.15, -0.1) is 0 Å². The molecular weight excluding hydrogens is 258 g/mol. The molecule has 3 nitrogen and oxygen atoms in total. The molecule has 3 heteroatoms. The van der Waals surface area contributed by atoms with Crippen LogP contribution >= 0.6 is 0 Å². The highest BCUT2D eigenvalue weighted by Crippen LogP contribution is 2.47. The number of likely N-dealkylation sites (tertiary alicyclic amines) is 1. The van der Waals surface area contributed by atoms with Gasteiger partial charge in [-0.1, -0.05) is 42.5 Å². The second kappa shape index (κ2) is 5.08. The van der Waals surface area contributed by atoms with Crippen LogP contribution in [0.5, 0.6) is 0 Å². The maximum atomic E-state index is 6.00. The smallest absolute Gasteiger partial charge is 0.0576 e. The van der Waals surface area contributed by atoms with Crippen LogP contribution in [0.2, 0.25) is 0 Å². The minimum atomic E-state index is 0.613. The second-order valence-corrected chi connectivity index (χ2v) is 6.26. The largest absolute Gasteiger partial charge is 0.397 e. The molecule has 21 heavy (non-hydrogen) atoms. The SMILES string of the molecule is Nc1ccccc1NC1C2CN(Cc3ccccc3)CC21. The average Bonchev–Trinajstić information content (AvgIpc) is 2.94. The van der Waals surface area contributed by atoms with Gasteiger partial charge in [0.05, 0.1) is 11.4 Å². The summed E-state index contributed by atoms with van der Waals surface area (Å²) in [5.41, 5.74) is 9.36. The Morgan fingerprint density at radius 2 is 1.62 bits per heavy atom. The van der Waals surface area contributed by atoms with E-state index >= 15 is 0 Å². The number of piperidine rings is 1. The van der Waals surface area contributed by atoms with Crippen molar-refractivity contribution in [2.24, 2.45) is 11.8 Å². The molecule has 2 aromatic carbocycles. The number of benzene rings is 2. The molecule has 1 aliphatic carbocycles. The minimum absolute atomic E-state index is 0.613. The molecule has 2 unspecified atom stereocenters. The molecule has 2 atom stereocenters. The molecule has 2 aliphatic rings. The number of nitrogens with two attached hydrogens (primary N) is 1. The molecule has 108 valence electrons. The Morgan fingerprint density at radius 3 is 2.33 bits per heavy atom. The highest BCUT2D eigenvalue weighted by Gasteiger charge is 2.55. The van der Waals surface area contributed by atoms with E-state index in [1.165, 1.54) is 18.7 Å². The maximum Gasteiger partial charge on any atom is 0.0576 e. The molecule has 3 N–H and O–H groups in total. The highest BCUT2D eigenvalue weighted by molar-refractivity contribution is 5.66. The van der Waals surface area contributed by atoms with Gasteiger partial charge < -0.3 is 11.1 Å². The average molecular weight is 279 g/mol. The van der Waals surface area contributed by atoms with E-state index in [-0.39, 0.29) is 0 Å². The first-order valence-corrected chi connectivity index (χ1v) is 7.68. The van der Waals surface area contributed by atoms with E-state index in [9.17, 15) is 0 Å². The van der Waals surface area contributed by atoms with E-state index < -0.39 is 0 Å². The lowest BCUT2D eigenvalue weighted by Gasteiger charge is -2.20. The van der Waals surface area contributed by atoms with Crippen molar-refractivity contribution in [3.8, 4) is 0 Å². The fraction of sp³-hybridized carbons (Fsp3) is 0.333. The van der Waals surface area contributed by atoms with E-state index in [0.29, 0.717) is 6.04 Å². The number of hydrogen-bond donors (Lipinski definition) is 2. The van der Waals surface area contributed by atoms with Crippen molar-refractivity contribution < 1.29 is 0 Å². The number of hydrogen-bond acceptors (Lipinski definition) is 3. The molecule has 4 rings (SSSR count). The molecule has 1 heterocycles. The van der Waals surface area contributed by atoms with Crippen molar-refractivity contribution in [1.29, 1.82) is 0 Å². The first-order valence-electron chi connectivity index (χ1n) is 7.68. The van der Waals surface area contributed by atoms with Crippen LogP contribution in [0.4, 0.5) is 11.4 Å². The van der Waals surface area contributed by atoms with Crippen molar-refractivity contribution in [3.63, 3.8) is 0 Å². The van der Waals surface area contributed by atoms with Gasteiger partial charge in [0.25, 0.3) is 0 Å². The number of nitrogen functional groups attached to an aromatic ring is 1. The zero-order valence-electron chi connectivity index (χ0n) is 12.1. The predicted octanol–water partition coefficient (Wildman–Crippen LogP) is 2.81. The molecule has 2 fully saturated rings. The number of nitrogens with one attached hydrogen (secondary N) is 1. The number of fused-ring (bicyclic) bond motifs is 1. The third-order valence-electron chi connectivity index (χ3n) is 4.80. The standard InChI is InChI=1S/C18H21N3/c19-16-8-4-5-9-17(16)20-18-14-11-21(12-15(14)18)10-13-6-2-1-3-7-13/h1-9,14-15,18,20H,10-12,19H2. The van der Waals surface area contributed by atoms with E-state index in [4.69, 9.17) is 5.73 Å². The Kier molecular flexibility index (Phi) is 3.08. The lowest BCUT2D eigenvalue weighted by Crippen LogP contribution is -2.27. The zero-order valence-corrected chi connectivity index (χ0v) is 12.1. The minimum Gasteiger partial charge on any atom is -0.397 e. The van der Waals surface area contributed by atoms with Crippen molar-refractivity contribution in [1.82, 2.24) is 4.90 Å². The summed E-state index contributed by atoms with van der Waals surface area (Å²) >= 11 is 0. The van der Waals surface area contributed by atoms with E-state index in [1.807, 2.05) is 18.2 Å². The van der Waals surface area contributed by atoms with E-state index in [1.54, 1.807) is 0 Å². The molecule has 0 aromatic heterocycles. The number of rotatable bonds is 4.